The first-order chi connectivity index (χ1) is 10.1. The smallest absolute Gasteiger partial charge is 0.129 e. The van der Waals surface area contributed by atoms with E-state index in [0.29, 0.717) is 5.56 Å². The predicted molar refractivity (Wildman–Crippen MR) is 93.0 cm³/mol. The van der Waals surface area contributed by atoms with Crippen molar-refractivity contribution in [2.75, 3.05) is 6.54 Å². The molecule has 0 fully saturated rings. The van der Waals surface area contributed by atoms with Crippen molar-refractivity contribution in [1.82, 2.24) is 5.32 Å². The number of nitrogens with one attached hydrogen (secondary N) is 1. The zero-order valence-electron chi connectivity index (χ0n) is 11.9. The van der Waals surface area contributed by atoms with Crippen LogP contribution < -0.4 is 5.32 Å². The monoisotopic (exact) mass is 413 g/mol. The lowest BCUT2D eigenvalue weighted by Crippen LogP contribution is -2.25. The summed E-state index contributed by atoms with van der Waals surface area (Å²) in [6.07, 6.45) is 1.75. The molecule has 1 N–H and O–H groups in total. The molecule has 0 bridgehead atoms. The van der Waals surface area contributed by atoms with E-state index in [9.17, 15) is 4.39 Å². The molecule has 0 aliphatic rings. The molecule has 1 nitrogen and oxygen atoms in total. The van der Waals surface area contributed by atoms with E-state index in [2.05, 4.69) is 50.2 Å². The number of rotatable bonds is 6. The van der Waals surface area contributed by atoms with Gasteiger partial charge in [-0.1, -0.05) is 63.0 Å². The first kappa shape index (κ1) is 16.7. The van der Waals surface area contributed by atoms with Crippen molar-refractivity contribution in [3.63, 3.8) is 0 Å². The molecule has 2 rings (SSSR count). The van der Waals surface area contributed by atoms with Crippen LogP contribution in [0.4, 0.5) is 4.39 Å². The van der Waals surface area contributed by atoms with Crippen molar-refractivity contribution >= 4 is 31.9 Å². The van der Waals surface area contributed by atoms with Crippen LogP contribution >= 0.6 is 31.9 Å². The fourth-order valence-electron chi connectivity index (χ4n) is 2.32. The van der Waals surface area contributed by atoms with Gasteiger partial charge >= 0.3 is 0 Å². The van der Waals surface area contributed by atoms with E-state index in [1.54, 1.807) is 6.07 Å². The molecule has 0 aliphatic heterocycles. The molecule has 0 saturated heterocycles. The lowest BCUT2D eigenvalue weighted by atomic mass is 9.98. The second kappa shape index (κ2) is 8.06. The summed E-state index contributed by atoms with van der Waals surface area (Å²) in [6.45, 7) is 2.97. The minimum absolute atomic E-state index is 0.0563. The van der Waals surface area contributed by atoms with Gasteiger partial charge in [-0.2, -0.15) is 0 Å². The third-order valence-electron chi connectivity index (χ3n) is 3.37. The minimum atomic E-state index is -0.176. The summed E-state index contributed by atoms with van der Waals surface area (Å²) in [5.74, 6) is -0.176. The van der Waals surface area contributed by atoms with Crippen LogP contribution in [-0.4, -0.2) is 6.54 Å². The summed E-state index contributed by atoms with van der Waals surface area (Å²) >= 11 is 7.05. The largest absolute Gasteiger partial charge is 0.310 e. The Morgan fingerprint density at radius 3 is 2.43 bits per heavy atom. The van der Waals surface area contributed by atoms with Gasteiger partial charge in [0.05, 0.1) is 0 Å². The molecule has 21 heavy (non-hydrogen) atoms. The summed E-state index contributed by atoms with van der Waals surface area (Å²) in [4.78, 5) is 0. The highest BCUT2D eigenvalue weighted by Gasteiger charge is 2.19. The standard InChI is InChI=1S/C17H18Br2FN/c1-2-10-21-16(11-12-6-3-4-7-13(12)18)17-14(19)8-5-9-15(17)20/h3-9,16,21H,2,10-11H2,1H3. The van der Waals surface area contributed by atoms with Crippen LogP contribution in [0.2, 0.25) is 0 Å². The Balaban J connectivity index is 2.32. The maximum Gasteiger partial charge on any atom is 0.129 e. The van der Waals surface area contributed by atoms with Gasteiger partial charge in [0.15, 0.2) is 0 Å². The molecule has 0 amide bonds. The molecule has 4 heteroatoms. The Morgan fingerprint density at radius 1 is 1.05 bits per heavy atom. The third-order valence-corrected chi connectivity index (χ3v) is 4.84. The van der Waals surface area contributed by atoms with Crippen molar-refractivity contribution in [3.05, 3.63) is 68.4 Å². The third kappa shape index (κ3) is 4.38. The number of benzene rings is 2. The second-order valence-corrected chi connectivity index (χ2v) is 6.65. The summed E-state index contributed by atoms with van der Waals surface area (Å²) < 4.78 is 16.1. The van der Waals surface area contributed by atoms with Crippen LogP contribution in [0, 0.1) is 5.82 Å². The highest BCUT2D eigenvalue weighted by atomic mass is 79.9. The molecule has 1 unspecified atom stereocenters. The van der Waals surface area contributed by atoms with Gasteiger partial charge in [0.1, 0.15) is 5.82 Å². The second-order valence-electron chi connectivity index (χ2n) is 4.94. The van der Waals surface area contributed by atoms with Crippen LogP contribution in [0.1, 0.15) is 30.5 Å². The van der Waals surface area contributed by atoms with Gasteiger partial charge in [-0.15, -0.1) is 0 Å². The fourth-order valence-corrected chi connectivity index (χ4v) is 3.39. The fraction of sp³-hybridized carbons (Fsp3) is 0.294. The molecule has 0 aromatic heterocycles. The highest BCUT2D eigenvalue weighted by molar-refractivity contribution is 9.10. The summed E-state index contributed by atoms with van der Waals surface area (Å²) in [5, 5.41) is 3.45. The van der Waals surface area contributed by atoms with E-state index in [1.807, 2.05) is 24.3 Å². The minimum Gasteiger partial charge on any atom is -0.310 e. The van der Waals surface area contributed by atoms with Crippen LogP contribution in [0.3, 0.4) is 0 Å². The summed E-state index contributed by atoms with van der Waals surface area (Å²) in [6, 6.07) is 13.1. The van der Waals surface area contributed by atoms with Crippen molar-refractivity contribution < 1.29 is 4.39 Å². The average molecular weight is 415 g/mol. The molecule has 0 aliphatic carbocycles. The van der Waals surface area contributed by atoms with Crippen molar-refractivity contribution in [2.45, 2.75) is 25.8 Å². The summed E-state index contributed by atoms with van der Waals surface area (Å²) in [7, 11) is 0. The maximum absolute atomic E-state index is 14.2. The zero-order valence-corrected chi connectivity index (χ0v) is 15.0. The van der Waals surface area contributed by atoms with Gasteiger partial charge < -0.3 is 5.32 Å². The predicted octanol–water partition coefficient (Wildman–Crippen LogP) is 5.63. The first-order valence-electron chi connectivity index (χ1n) is 7.04. The van der Waals surface area contributed by atoms with E-state index in [0.717, 1.165) is 28.3 Å². The summed E-state index contributed by atoms with van der Waals surface area (Å²) in [5.41, 5.74) is 1.86. The van der Waals surface area contributed by atoms with Crippen LogP contribution in [0.5, 0.6) is 0 Å². The Bertz CT molecular complexity index is 581. The SMILES string of the molecule is CCCNC(Cc1ccccc1Br)c1c(F)cccc1Br. The van der Waals surface area contributed by atoms with Gasteiger partial charge in [-0.3, -0.25) is 0 Å². The van der Waals surface area contributed by atoms with Gasteiger partial charge in [-0.25, -0.2) is 4.39 Å². The quantitative estimate of drug-likeness (QED) is 0.645. The van der Waals surface area contributed by atoms with E-state index in [-0.39, 0.29) is 11.9 Å². The van der Waals surface area contributed by atoms with Crippen molar-refractivity contribution in [1.29, 1.82) is 0 Å². The lowest BCUT2D eigenvalue weighted by molar-refractivity contribution is 0.494. The molecule has 1 atom stereocenters. The number of hydrogen-bond acceptors (Lipinski definition) is 1. The first-order valence-corrected chi connectivity index (χ1v) is 8.62. The van der Waals surface area contributed by atoms with E-state index >= 15 is 0 Å². The van der Waals surface area contributed by atoms with E-state index < -0.39 is 0 Å². The van der Waals surface area contributed by atoms with Crippen molar-refractivity contribution in [2.24, 2.45) is 0 Å². The zero-order chi connectivity index (χ0) is 15.2. The Hall–Kier alpha value is -0.710. The highest BCUT2D eigenvalue weighted by Crippen LogP contribution is 2.30. The Kier molecular flexibility index (Phi) is 6.40. The molecule has 2 aromatic rings. The lowest BCUT2D eigenvalue weighted by Gasteiger charge is -2.21. The molecule has 0 spiro atoms. The molecular weight excluding hydrogens is 397 g/mol. The number of halogens is 3. The van der Waals surface area contributed by atoms with E-state index in [4.69, 9.17) is 0 Å². The average Bonchev–Trinajstić information content (AvgIpc) is 2.46. The normalized spacial score (nSPS) is 12.4. The molecule has 0 radical (unpaired) electrons. The van der Waals surface area contributed by atoms with E-state index in [1.165, 1.54) is 11.6 Å². The Labute approximate surface area is 142 Å². The molecular formula is C17H18Br2FN. The van der Waals surface area contributed by atoms with Gasteiger partial charge in [0.2, 0.25) is 0 Å². The molecule has 112 valence electrons. The molecule has 2 aromatic carbocycles. The van der Waals surface area contributed by atoms with Crippen LogP contribution in [0.15, 0.2) is 51.4 Å². The molecule has 0 heterocycles. The van der Waals surface area contributed by atoms with Gasteiger partial charge in [-0.05, 0) is 43.1 Å². The molecule has 0 saturated carbocycles. The van der Waals surface area contributed by atoms with Crippen molar-refractivity contribution in [3.8, 4) is 0 Å². The topological polar surface area (TPSA) is 12.0 Å². The van der Waals surface area contributed by atoms with Gasteiger partial charge in [0.25, 0.3) is 0 Å². The van der Waals surface area contributed by atoms with Crippen LogP contribution in [0.25, 0.3) is 0 Å². The van der Waals surface area contributed by atoms with Gasteiger partial charge in [0, 0.05) is 20.6 Å². The number of hydrogen-bond donors (Lipinski definition) is 1. The van der Waals surface area contributed by atoms with Crippen LogP contribution in [-0.2, 0) is 6.42 Å². The Morgan fingerprint density at radius 2 is 1.76 bits per heavy atom. The maximum atomic E-state index is 14.2.